The molecular formula is C12H18O6. The Morgan fingerprint density at radius 2 is 1.72 bits per heavy atom. The van der Waals surface area contributed by atoms with Gasteiger partial charge in [0.25, 0.3) is 0 Å². The fourth-order valence-corrected chi connectivity index (χ4v) is 2.64. The molecule has 0 aromatic carbocycles. The lowest BCUT2D eigenvalue weighted by Gasteiger charge is -2.25. The van der Waals surface area contributed by atoms with Gasteiger partial charge in [-0.05, 0) is 27.7 Å². The van der Waals surface area contributed by atoms with Crippen molar-refractivity contribution in [2.24, 2.45) is 0 Å². The molecule has 0 bridgehead atoms. The van der Waals surface area contributed by atoms with Crippen LogP contribution in [-0.4, -0.2) is 48.6 Å². The van der Waals surface area contributed by atoms with Crippen LogP contribution >= 0.6 is 0 Å². The normalized spacial score (nSPS) is 45.0. The van der Waals surface area contributed by atoms with E-state index in [-0.39, 0.29) is 12.1 Å². The van der Waals surface area contributed by atoms with Crippen LogP contribution in [0.5, 0.6) is 0 Å². The number of cyclic esters (lactones) is 1. The van der Waals surface area contributed by atoms with Crippen LogP contribution in [0, 0.1) is 0 Å². The first-order valence-corrected chi connectivity index (χ1v) is 6.15. The summed E-state index contributed by atoms with van der Waals surface area (Å²) in [5.74, 6) is -1.80. The molecule has 18 heavy (non-hydrogen) atoms. The van der Waals surface area contributed by atoms with Crippen molar-refractivity contribution in [3.8, 4) is 0 Å². The minimum atomic E-state index is -0.762. The highest BCUT2D eigenvalue weighted by Gasteiger charge is 2.59. The van der Waals surface area contributed by atoms with Crippen molar-refractivity contribution < 1.29 is 28.5 Å². The Bertz CT molecular complexity index is 377. The average Bonchev–Trinajstić information content (AvgIpc) is 2.81. The molecule has 0 radical (unpaired) electrons. The third-order valence-corrected chi connectivity index (χ3v) is 3.33. The van der Waals surface area contributed by atoms with Crippen molar-refractivity contribution >= 4 is 5.97 Å². The SMILES string of the molecule is CC1(C)OCC([C@H]2OC(=O)[C@@H]3OC(C)(C)O[C@H]23)O1. The van der Waals surface area contributed by atoms with E-state index in [1.165, 1.54) is 0 Å². The van der Waals surface area contributed by atoms with Crippen LogP contribution in [0.4, 0.5) is 0 Å². The Morgan fingerprint density at radius 3 is 2.33 bits per heavy atom. The lowest BCUT2D eigenvalue weighted by molar-refractivity contribution is -0.200. The van der Waals surface area contributed by atoms with Crippen LogP contribution in [0.2, 0.25) is 0 Å². The molecule has 0 aliphatic carbocycles. The van der Waals surface area contributed by atoms with E-state index in [0.717, 1.165) is 0 Å². The molecule has 1 unspecified atom stereocenters. The van der Waals surface area contributed by atoms with E-state index < -0.39 is 29.9 Å². The van der Waals surface area contributed by atoms with Gasteiger partial charge in [0, 0.05) is 0 Å². The molecule has 6 heteroatoms. The minimum absolute atomic E-state index is 0.309. The standard InChI is InChI=1S/C12H18O6/c1-11(2)14-5-6(16-11)7-8-9(10(13)15-7)18-12(3,4)17-8/h6-9H,5H2,1-4H3/t6?,7-,8-,9-/m1/s1. The quantitative estimate of drug-likeness (QED) is 0.641. The van der Waals surface area contributed by atoms with Crippen LogP contribution in [0.3, 0.4) is 0 Å². The number of carbonyl (C=O) groups is 1. The van der Waals surface area contributed by atoms with E-state index in [9.17, 15) is 4.79 Å². The van der Waals surface area contributed by atoms with Crippen molar-refractivity contribution in [1.29, 1.82) is 0 Å². The zero-order chi connectivity index (χ0) is 13.1. The number of ether oxygens (including phenoxy) is 5. The van der Waals surface area contributed by atoms with E-state index in [2.05, 4.69) is 0 Å². The predicted octanol–water partition coefficient (Wildman–Crippen LogP) is 0.583. The molecule has 6 nitrogen and oxygen atoms in total. The van der Waals surface area contributed by atoms with Crippen LogP contribution in [0.15, 0.2) is 0 Å². The summed E-state index contributed by atoms with van der Waals surface area (Å²) in [4.78, 5) is 11.7. The summed E-state index contributed by atoms with van der Waals surface area (Å²) in [5, 5.41) is 0. The molecule has 0 aromatic rings. The smallest absolute Gasteiger partial charge is 0.338 e. The number of carbonyl (C=O) groups excluding carboxylic acids is 1. The number of hydrogen-bond acceptors (Lipinski definition) is 6. The summed E-state index contributed by atoms with van der Waals surface area (Å²) in [6.07, 6.45) is -1.85. The summed E-state index contributed by atoms with van der Waals surface area (Å²) in [5.41, 5.74) is 0. The maximum Gasteiger partial charge on any atom is 0.338 e. The van der Waals surface area contributed by atoms with Crippen LogP contribution < -0.4 is 0 Å². The molecule has 4 atom stereocenters. The highest BCUT2D eigenvalue weighted by Crippen LogP contribution is 2.39. The molecule has 3 rings (SSSR count). The van der Waals surface area contributed by atoms with E-state index in [1.807, 2.05) is 13.8 Å². The largest absolute Gasteiger partial charge is 0.455 e. The highest BCUT2D eigenvalue weighted by atomic mass is 16.8. The zero-order valence-electron chi connectivity index (χ0n) is 11.0. The first kappa shape index (κ1) is 12.3. The minimum Gasteiger partial charge on any atom is -0.455 e. The highest BCUT2D eigenvalue weighted by molar-refractivity contribution is 5.78. The second-order valence-corrected chi connectivity index (χ2v) is 5.79. The Balaban J connectivity index is 1.77. The summed E-state index contributed by atoms with van der Waals surface area (Å²) < 4.78 is 27.8. The maximum atomic E-state index is 11.7. The maximum absolute atomic E-state index is 11.7. The molecule has 0 spiro atoms. The topological polar surface area (TPSA) is 63.2 Å². The summed E-state index contributed by atoms with van der Waals surface area (Å²) in [7, 11) is 0. The van der Waals surface area contributed by atoms with Gasteiger partial charge in [-0.3, -0.25) is 0 Å². The number of hydrogen-bond donors (Lipinski definition) is 0. The predicted molar refractivity (Wildman–Crippen MR) is 58.6 cm³/mol. The first-order valence-electron chi connectivity index (χ1n) is 6.15. The van der Waals surface area contributed by atoms with Gasteiger partial charge in [-0.15, -0.1) is 0 Å². The van der Waals surface area contributed by atoms with Crippen molar-refractivity contribution in [3.63, 3.8) is 0 Å². The molecule has 3 aliphatic heterocycles. The van der Waals surface area contributed by atoms with Crippen LogP contribution in [0.1, 0.15) is 27.7 Å². The van der Waals surface area contributed by atoms with E-state index >= 15 is 0 Å². The van der Waals surface area contributed by atoms with Crippen molar-refractivity contribution in [2.45, 2.75) is 63.7 Å². The lowest BCUT2D eigenvalue weighted by atomic mass is 10.1. The van der Waals surface area contributed by atoms with Crippen LogP contribution in [0.25, 0.3) is 0 Å². The third kappa shape index (κ3) is 1.93. The van der Waals surface area contributed by atoms with Gasteiger partial charge in [-0.25, -0.2) is 4.79 Å². The fourth-order valence-electron chi connectivity index (χ4n) is 2.64. The summed E-state index contributed by atoms with van der Waals surface area (Å²) in [6.45, 7) is 7.61. The Hall–Kier alpha value is -0.690. The number of rotatable bonds is 1. The van der Waals surface area contributed by atoms with E-state index in [0.29, 0.717) is 6.61 Å². The van der Waals surface area contributed by atoms with Gasteiger partial charge in [0.2, 0.25) is 0 Å². The van der Waals surface area contributed by atoms with Crippen molar-refractivity contribution in [3.05, 3.63) is 0 Å². The molecule has 3 aliphatic rings. The lowest BCUT2D eigenvalue weighted by Crippen LogP contribution is -2.40. The Labute approximate surface area is 105 Å². The molecule has 3 fully saturated rings. The summed E-state index contributed by atoms with van der Waals surface area (Å²) >= 11 is 0. The van der Waals surface area contributed by atoms with Crippen molar-refractivity contribution in [1.82, 2.24) is 0 Å². The molecule has 0 aromatic heterocycles. The second kappa shape index (κ2) is 3.66. The molecule has 0 saturated carbocycles. The van der Waals surface area contributed by atoms with Gasteiger partial charge in [-0.1, -0.05) is 0 Å². The average molecular weight is 258 g/mol. The van der Waals surface area contributed by atoms with Crippen LogP contribution in [-0.2, 0) is 28.5 Å². The van der Waals surface area contributed by atoms with Gasteiger partial charge < -0.3 is 23.7 Å². The van der Waals surface area contributed by atoms with Gasteiger partial charge in [0.1, 0.15) is 12.2 Å². The van der Waals surface area contributed by atoms with Gasteiger partial charge in [0.05, 0.1) is 6.61 Å². The fraction of sp³-hybridized carbons (Fsp3) is 0.917. The molecule has 0 amide bonds. The molecule has 0 N–H and O–H groups in total. The summed E-state index contributed by atoms with van der Waals surface area (Å²) in [6, 6.07) is 0. The van der Waals surface area contributed by atoms with E-state index in [4.69, 9.17) is 23.7 Å². The second-order valence-electron chi connectivity index (χ2n) is 5.79. The Kier molecular flexibility index (Phi) is 2.51. The van der Waals surface area contributed by atoms with Gasteiger partial charge in [-0.2, -0.15) is 0 Å². The number of fused-ring (bicyclic) bond motifs is 1. The molecule has 3 heterocycles. The van der Waals surface area contributed by atoms with Gasteiger partial charge >= 0.3 is 5.97 Å². The molecule has 102 valence electrons. The molecule has 3 saturated heterocycles. The molecular weight excluding hydrogens is 240 g/mol. The zero-order valence-corrected chi connectivity index (χ0v) is 11.0. The first-order chi connectivity index (χ1) is 8.27. The number of esters is 1. The Morgan fingerprint density at radius 1 is 1.00 bits per heavy atom. The van der Waals surface area contributed by atoms with Gasteiger partial charge in [0.15, 0.2) is 23.8 Å². The van der Waals surface area contributed by atoms with E-state index in [1.54, 1.807) is 13.8 Å². The third-order valence-electron chi connectivity index (χ3n) is 3.33. The monoisotopic (exact) mass is 258 g/mol. The van der Waals surface area contributed by atoms with Crippen molar-refractivity contribution in [2.75, 3.05) is 6.61 Å².